The predicted molar refractivity (Wildman–Crippen MR) is 87.5 cm³/mol. The zero-order chi connectivity index (χ0) is 16.6. The molecule has 3 aromatic heterocycles. The van der Waals surface area contributed by atoms with Gasteiger partial charge >= 0.3 is 0 Å². The van der Waals surface area contributed by atoms with Gasteiger partial charge < -0.3 is 4.57 Å². The van der Waals surface area contributed by atoms with E-state index < -0.39 is 5.82 Å². The number of fused-ring (bicyclic) bond motifs is 1. The third-order valence-electron chi connectivity index (χ3n) is 3.76. The Bertz CT molecular complexity index is 874. The molecule has 0 aromatic carbocycles. The summed E-state index contributed by atoms with van der Waals surface area (Å²) >= 11 is 0. The first-order valence-corrected chi connectivity index (χ1v) is 7.21. The molecule has 6 nitrogen and oxygen atoms in total. The summed E-state index contributed by atoms with van der Waals surface area (Å²) in [7, 11) is 1.47. The average Bonchev–Trinajstić information content (AvgIpc) is 2.99. The fraction of sp³-hybridized carbons (Fsp3) is 0.250. The first-order valence-electron chi connectivity index (χ1n) is 7.21. The molecular weight excluding hydrogens is 297 g/mol. The van der Waals surface area contributed by atoms with Crippen LogP contribution in [0, 0.1) is 10.7 Å². The third kappa shape index (κ3) is 2.54. The van der Waals surface area contributed by atoms with Crippen molar-refractivity contribution in [1.82, 2.24) is 14.5 Å². The Labute approximate surface area is 132 Å². The summed E-state index contributed by atoms with van der Waals surface area (Å²) in [5.74, 6) is -0.178. The van der Waals surface area contributed by atoms with Crippen molar-refractivity contribution >= 4 is 16.9 Å². The summed E-state index contributed by atoms with van der Waals surface area (Å²) in [6.07, 6.45) is 4.68. The SMILES string of the molecule is CC(C)n1ccc2c(-c3cc(N(C)N=O)ncc3F)ccnc21. The second kappa shape index (κ2) is 5.75. The van der Waals surface area contributed by atoms with Crippen LogP contribution in [0.25, 0.3) is 22.2 Å². The van der Waals surface area contributed by atoms with Crippen LogP contribution in [0.3, 0.4) is 0 Å². The summed E-state index contributed by atoms with van der Waals surface area (Å²) in [4.78, 5) is 18.9. The second-order valence-corrected chi connectivity index (χ2v) is 5.54. The maximum Gasteiger partial charge on any atom is 0.152 e. The highest BCUT2D eigenvalue weighted by Gasteiger charge is 2.15. The summed E-state index contributed by atoms with van der Waals surface area (Å²) in [6.45, 7) is 4.12. The minimum Gasteiger partial charge on any atom is -0.330 e. The number of nitrogens with zero attached hydrogens (tertiary/aromatic N) is 5. The molecule has 118 valence electrons. The molecule has 0 fully saturated rings. The smallest absolute Gasteiger partial charge is 0.152 e. The van der Waals surface area contributed by atoms with E-state index in [-0.39, 0.29) is 11.9 Å². The van der Waals surface area contributed by atoms with Gasteiger partial charge in [-0.15, -0.1) is 4.91 Å². The number of hydrogen-bond acceptors (Lipinski definition) is 4. The molecular formula is C16H16FN5O. The fourth-order valence-electron chi connectivity index (χ4n) is 2.56. The van der Waals surface area contributed by atoms with Crippen molar-refractivity contribution < 1.29 is 4.39 Å². The minimum absolute atomic E-state index is 0.249. The highest BCUT2D eigenvalue weighted by Crippen LogP contribution is 2.32. The van der Waals surface area contributed by atoms with Crippen LogP contribution in [0.5, 0.6) is 0 Å². The van der Waals surface area contributed by atoms with Crippen molar-refractivity contribution in [2.75, 3.05) is 12.1 Å². The van der Waals surface area contributed by atoms with Gasteiger partial charge in [-0.1, -0.05) is 0 Å². The molecule has 0 radical (unpaired) electrons. The molecule has 3 heterocycles. The molecule has 3 rings (SSSR count). The quantitative estimate of drug-likeness (QED) is 0.540. The molecule has 0 unspecified atom stereocenters. The number of nitroso groups, excluding NO2 is 1. The van der Waals surface area contributed by atoms with Crippen LogP contribution < -0.4 is 5.01 Å². The lowest BCUT2D eigenvalue weighted by Gasteiger charge is -2.12. The van der Waals surface area contributed by atoms with Gasteiger partial charge in [0.2, 0.25) is 0 Å². The van der Waals surface area contributed by atoms with Gasteiger partial charge in [0.15, 0.2) is 5.82 Å². The van der Waals surface area contributed by atoms with E-state index in [0.29, 0.717) is 11.1 Å². The summed E-state index contributed by atoms with van der Waals surface area (Å²) in [6, 6.07) is 5.43. The van der Waals surface area contributed by atoms with Crippen LogP contribution in [0.15, 0.2) is 42.1 Å². The van der Waals surface area contributed by atoms with Crippen LogP contribution in [0.2, 0.25) is 0 Å². The summed E-state index contributed by atoms with van der Waals surface area (Å²) in [5.41, 5.74) is 1.85. The predicted octanol–water partition coefficient (Wildman–Crippen LogP) is 3.94. The molecule has 0 bridgehead atoms. The van der Waals surface area contributed by atoms with E-state index in [1.807, 2.05) is 16.8 Å². The number of anilines is 1. The van der Waals surface area contributed by atoms with Crippen LogP contribution in [0.1, 0.15) is 19.9 Å². The molecule has 0 N–H and O–H groups in total. The zero-order valence-corrected chi connectivity index (χ0v) is 13.1. The molecule has 0 aliphatic rings. The lowest BCUT2D eigenvalue weighted by Crippen LogP contribution is -2.09. The van der Waals surface area contributed by atoms with Gasteiger partial charge in [-0.3, -0.25) is 0 Å². The molecule has 3 aromatic rings. The van der Waals surface area contributed by atoms with Crippen molar-refractivity contribution in [3.05, 3.63) is 47.5 Å². The molecule has 23 heavy (non-hydrogen) atoms. The van der Waals surface area contributed by atoms with Gasteiger partial charge in [-0.25, -0.2) is 19.4 Å². The van der Waals surface area contributed by atoms with Gasteiger partial charge in [0.25, 0.3) is 0 Å². The molecule has 0 atom stereocenters. The topological polar surface area (TPSA) is 63.4 Å². The molecule has 0 aliphatic carbocycles. The standard InChI is InChI=1S/C16H16FN5O/c1-10(2)22-7-5-12-11(4-6-18-16(12)22)13-8-15(21(3)20-23)19-9-14(13)17/h4-10H,1-3H3. The minimum atomic E-state index is -0.460. The first kappa shape index (κ1) is 15.1. The van der Waals surface area contributed by atoms with Gasteiger partial charge in [0, 0.05) is 36.4 Å². The first-order chi connectivity index (χ1) is 11.0. The van der Waals surface area contributed by atoms with Crippen LogP contribution in [-0.4, -0.2) is 21.6 Å². The van der Waals surface area contributed by atoms with E-state index in [9.17, 15) is 9.30 Å². The Kier molecular flexibility index (Phi) is 3.77. The number of aromatic nitrogens is 3. The average molecular weight is 313 g/mol. The monoisotopic (exact) mass is 313 g/mol. The fourth-order valence-corrected chi connectivity index (χ4v) is 2.56. The van der Waals surface area contributed by atoms with Crippen LogP contribution in [-0.2, 0) is 0 Å². The number of hydrogen-bond donors (Lipinski definition) is 0. The lowest BCUT2D eigenvalue weighted by atomic mass is 10.0. The third-order valence-corrected chi connectivity index (χ3v) is 3.76. The molecule has 0 amide bonds. The maximum absolute atomic E-state index is 14.3. The highest BCUT2D eigenvalue weighted by molar-refractivity contribution is 5.93. The van der Waals surface area contributed by atoms with E-state index >= 15 is 0 Å². The van der Waals surface area contributed by atoms with Crippen molar-refractivity contribution in [2.45, 2.75) is 19.9 Å². The van der Waals surface area contributed by atoms with Crippen LogP contribution >= 0.6 is 0 Å². The van der Waals surface area contributed by atoms with E-state index in [4.69, 9.17) is 0 Å². The van der Waals surface area contributed by atoms with E-state index in [0.717, 1.165) is 22.2 Å². The Balaban J connectivity index is 2.23. The van der Waals surface area contributed by atoms with Crippen molar-refractivity contribution in [1.29, 1.82) is 0 Å². The largest absolute Gasteiger partial charge is 0.330 e. The summed E-state index contributed by atoms with van der Waals surface area (Å²) < 4.78 is 16.3. The lowest BCUT2D eigenvalue weighted by molar-refractivity contribution is 0.618. The van der Waals surface area contributed by atoms with Gasteiger partial charge in [0.1, 0.15) is 11.5 Å². The summed E-state index contributed by atoms with van der Waals surface area (Å²) in [5, 5.41) is 4.70. The second-order valence-electron chi connectivity index (χ2n) is 5.54. The van der Waals surface area contributed by atoms with E-state index in [2.05, 4.69) is 29.1 Å². The van der Waals surface area contributed by atoms with Crippen LogP contribution in [0.4, 0.5) is 10.2 Å². The molecule has 0 saturated carbocycles. The van der Waals surface area contributed by atoms with Crippen molar-refractivity contribution in [2.24, 2.45) is 5.29 Å². The van der Waals surface area contributed by atoms with E-state index in [1.165, 1.54) is 13.1 Å². The molecule has 0 spiro atoms. The van der Waals surface area contributed by atoms with Crippen molar-refractivity contribution in [3.8, 4) is 11.1 Å². The Hall–Kier alpha value is -2.83. The zero-order valence-electron chi connectivity index (χ0n) is 13.1. The molecule has 0 aliphatic heterocycles. The van der Waals surface area contributed by atoms with Gasteiger partial charge in [0.05, 0.1) is 11.5 Å². The number of rotatable bonds is 4. The maximum atomic E-state index is 14.3. The normalized spacial score (nSPS) is 11.2. The Morgan fingerprint density at radius 2 is 2.04 bits per heavy atom. The van der Waals surface area contributed by atoms with Crippen molar-refractivity contribution in [3.63, 3.8) is 0 Å². The number of pyridine rings is 2. The molecule has 7 heteroatoms. The number of halogens is 1. The highest BCUT2D eigenvalue weighted by atomic mass is 19.1. The Morgan fingerprint density at radius 1 is 1.26 bits per heavy atom. The van der Waals surface area contributed by atoms with E-state index in [1.54, 1.807) is 12.3 Å². The van der Waals surface area contributed by atoms with Gasteiger partial charge in [-0.2, -0.15) is 0 Å². The molecule has 0 saturated heterocycles. The Morgan fingerprint density at radius 3 is 2.74 bits per heavy atom. The van der Waals surface area contributed by atoms with Gasteiger partial charge in [-0.05, 0) is 37.6 Å².